The molecule has 0 atom stereocenters. The zero-order valence-corrected chi connectivity index (χ0v) is 8.51. The van der Waals surface area contributed by atoms with E-state index in [2.05, 4.69) is 0 Å². The molecule has 0 aliphatic rings. The minimum absolute atomic E-state index is 0.285. The topological polar surface area (TPSA) is 89.3 Å². The van der Waals surface area contributed by atoms with Crippen LogP contribution in [0.3, 0.4) is 0 Å². The Hall–Kier alpha value is -0.610. The van der Waals surface area contributed by atoms with Gasteiger partial charge in [-0.15, -0.1) is 0 Å². The van der Waals surface area contributed by atoms with Crippen LogP contribution in [-0.2, 0) is 4.79 Å². The highest BCUT2D eigenvalue weighted by Gasteiger charge is 2.28. The Bertz CT molecular complexity index is 126. The summed E-state index contributed by atoms with van der Waals surface area (Å²) in [6, 6.07) is 0. The van der Waals surface area contributed by atoms with E-state index in [0.29, 0.717) is 0 Å². The van der Waals surface area contributed by atoms with E-state index in [9.17, 15) is 0 Å². The van der Waals surface area contributed by atoms with Crippen molar-refractivity contribution in [3.05, 3.63) is 0 Å². The van der Waals surface area contributed by atoms with Crippen molar-refractivity contribution in [3.8, 4) is 0 Å². The van der Waals surface area contributed by atoms with Gasteiger partial charge in [0.15, 0.2) is 0 Å². The molecular formula is C8H20N2O2. The van der Waals surface area contributed by atoms with E-state index in [4.69, 9.17) is 21.4 Å². The van der Waals surface area contributed by atoms with E-state index in [1.807, 2.05) is 27.7 Å². The second-order valence-electron chi connectivity index (χ2n) is 3.96. The standard InChI is InChI=1S/C6H16N2.C2H4O2/c1-5(2,7)6(3,4)8;1-2(3)4/h7-8H2,1-4H3;1H3,(H,3,4). The van der Waals surface area contributed by atoms with E-state index < -0.39 is 5.97 Å². The highest BCUT2D eigenvalue weighted by Crippen LogP contribution is 2.13. The fourth-order valence-electron chi connectivity index (χ4n) is 0. The Morgan fingerprint density at radius 3 is 1.17 bits per heavy atom. The van der Waals surface area contributed by atoms with Gasteiger partial charge in [0.05, 0.1) is 0 Å². The number of rotatable bonds is 1. The SMILES string of the molecule is CC(=O)O.CC(C)(N)C(C)(C)N. The Morgan fingerprint density at radius 2 is 1.17 bits per heavy atom. The summed E-state index contributed by atoms with van der Waals surface area (Å²) in [4.78, 5) is 9.00. The zero-order chi connectivity index (χ0) is 10.6. The molecule has 0 amide bonds. The first-order valence-corrected chi connectivity index (χ1v) is 3.76. The summed E-state index contributed by atoms with van der Waals surface area (Å²) in [6.45, 7) is 8.78. The first-order chi connectivity index (χ1) is 4.98. The van der Waals surface area contributed by atoms with Gasteiger partial charge in [0.1, 0.15) is 0 Å². The molecule has 0 fully saturated rings. The summed E-state index contributed by atoms with van der Waals surface area (Å²) in [5, 5.41) is 7.42. The Morgan fingerprint density at radius 1 is 1.08 bits per heavy atom. The number of carboxylic acids is 1. The van der Waals surface area contributed by atoms with E-state index in [1.54, 1.807) is 0 Å². The van der Waals surface area contributed by atoms with Gasteiger partial charge < -0.3 is 16.6 Å². The molecule has 0 saturated heterocycles. The molecule has 0 heterocycles. The summed E-state index contributed by atoms with van der Waals surface area (Å²) < 4.78 is 0. The number of aliphatic carboxylic acids is 1. The fraction of sp³-hybridized carbons (Fsp3) is 0.875. The maximum Gasteiger partial charge on any atom is 0.300 e. The van der Waals surface area contributed by atoms with Gasteiger partial charge in [0.2, 0.25) is 0 Å². The van der Waals surface area contributed by atoms with Crippen molar-refractivity contribution in [2.24, 2.45) is 11.5 Å². The smallest absolute Gasteiger partial charge is 0.300 e. The normalized spacial score (nSPS) is 11.6. The lowest BCUT2D eigenvalue weighted by Gasteiger charge is -2.34. The molecule has 0 bridgehead atoms. The lowest BCUT2D eigenvalue weighted by atomic mass is 9.85. The average molecular weight is 176 g/mol. The van der Waals surface area contributed by atoms with Crippen LogP contribution in [0.2, 0.25) is 0 Å². The molecular weight excluding hydrogens is 156 g/mol. The van der Waals surface area contributed by atoms with Crippen molar-refractivity contribution in [2.45, 2.75) is 45.7 Å². The van der Waals surface area contributed by atoms with Gasteiger partial charge in [-0.2, -0.15) is 0 Å². The largest absolute Gasteiger partial charge is 0.481 e. The number of carboxylic acid groups (broad SMARTS) is 1. The Balaban J connectivity index is 0. The van der Waals surface area contributed by atoms with Crippen LogP contribution in [0, 0.1) is 0 Å². The van der Waals surface area contributed by atoms with E-state index in [1.165, 1.54) is 0 Å². The van der Waals surface area contributed by atoms with Crippen molar-refractivity contribution in [1.82, 2.24) is 0 Å². The molecule has 5 N–H and O–H groups in total. The first kappa shape index (κ1) is 13.9. The van der Waals surface area contributed by atoms with Gasteiger partial charge in [-0.05, 0) is 27.7 Å². The molecule has 74 valence electrons. The molecule has 0 radical (unpaired) electrons. The van der Waals surface area contributed by atoms with Gasteiger partial charge in [0.25, 0.3) is 5.97 Å². The summed E-state index contributed by atoms with van der Waals surface area (Å²) in [6.07, 6.45) is 0. The van der Waals surface area contributed by atoms with Crippen LogP contribution in [0.1, 0.15) is 34.6 Å². The number of hydrogen-bond acceptors (Lipinski definition) is 3. The summed E-state index contributed by atoms with van der Waals surface area (Å²) in [5.41, 5.74) is 10.8. The summed E-state index contributed by atoms with van der Waals surface area (Å²) in [7, 11) is 0. The minimum atomic E-state index is -0.833. The summed E-state index contributed by atoms with van der Waals surface area (Å²) >= 11 is 0. The molecule has 0 saturated carbocycles. The highest BCUT2D eigenvalue weighted by molar-refractivity contribution is 5.62. The molecule has 4 heteroatoms. The quantitative estimate of drug-likeness (QED) is 0.544. The molecule has 0 aliphatic heterocycles. The second-order valence-corrected chi connectivity index (χ2v) is 3.96. The van der Waals surface area contributed by atoms with Gasteiger partial charge in [0, 0.05) is 18.0 Å². The molecule has 0 aromatic rings. The molecule has 0 spiro atoms. The van der Waals surface area contributed by atoms with Crippen LogP contribution in [-0.4, -0.2) is 22.2 Å². The van der Waals surface area contributed by atoms with Crippen molar-refractivity contribution in [2.75, 3.05) is 0 Å². The molecule has 12 heavy (non-hydrogen) atoms. The van der Waals surface area contributed by atoms with Crippen LogP contribution < -0.4 is 11.5 Å². The van der Waals surface area contributed by atoms with Gasteiger partial charge in [-0.1, -0.05) is 0 Å². The van der Waals surface area contributed by atoms with Crippen molar-refractivity contribution in [1.29, 1.82) is 0 Å². The fourth-order valence-corrected chi connectivity index (χ4v) is 0. The maximum atomic E-state index is 9.00. The maximum absolute atomic E-state index is 9.00. The second kappa shape index (κ2) is 4.42. The van der Waals surface area contributed by atoms with Crippen LogP contribution in [0.5, 0.6) is 0 Å². The first-order valence-electron chi connectivity index (χ1n) is 3.76. The van der Waals surface area contributed by atoms with Crippen LogP contribution in [0.15, 0.2) is 0 Å². The van der Waals surface area contributed by atoms with E-state index in [0.717, 1.165) is 6.92 Å². The van der Waals surface area contributed by atoms with Crippen LogP contribution >= 0.6 is 0 Å². The third kappa shape index (κ3) is 9.39. The molecule has 4 nitrogen and oxygen atoms in total. The molecule has 0 aromatic carbocycles. The molecule has 0 rings (SSSR count). The predicted octanol–water partition coefficient (Wildman–Crippen LogP) is 0.552. The molecule has 0 aliphatic carbocycles. The molecule has 0 aromatic heterocycles. The monoisotopic (exact) mass is 176 g/mol. The van der Waals surface area contributed by atoms with Crippen LogP contribution in [0.4, 0.5) is 0 Å². The Kier molecular flexibility index (Phi) is 5.14. The Labute approximate surface area is 73.9 Å². The minimum Gasteiger partial charge on any atom is -0.481 e. The molecule has 0 unspecified atom stereocenters. The lowest BCUT2D eigenvalue weighted by molar-refractivity contribution is -0.134. The third-order valence-electron chi connectivity index (χ3n) is 1.66. The number of nitrogens with two attached hydrogens (primary N) is 2. The predicted molar refractivity (Wildman–Crippen MR) is 49.8 cm³/mol. The van der Waals surface area contributed by atoms with Gasteiger partial charge in [-0.3, -0.25) is 4.79 Å². The van der Waals surface area contributed by atoms with Crippen molar-refractivity contribution >= 4 is 5.97 Å². The van der Waals surface area contributed by atoms with Gasteiger partial charge >= 0.3 is 0 Å². The number of hydrogen-bond donors (Lipinski definition) is 3. The van der Waals surface area contributed by atoms with Crippen LogP contribution in [0.25, 0.3) is 0 Å². The highest BCUT2D eigenvalue weighted by atomic mass is 16.4. The van der Waals surface area contributed by atoms with E-state index >= 15 is 0 Å². The van der Waals surface area contributed by atoms with Gasteiger partial charge in [-0.25, -0.2) is 0 Å². The lowest BCUT2D eigenvalue weighted by Crippen LogP contribution is -2.58. The number of carbonyl (C=O) groups is 1. The van der Waals surface area contributed by atoms with E-state index in [-0.39, 0.29) is 11.1 Å². The van der Waals surface area contributed by atoms with Crippen molar-refractivity contribution < 1.29 is 9.90 Å². The average Bonchev–Trinajstić information content (AvgIpc) is 1.55. The third-order valence-corrected chi connectivity index (χ3v) is 1.66. The zero-order valence-electron chi connectivity index (χ0n) is 8.51. The summed E-state index contributed by atoms with van der Waals surface area (Å²) in [5.74, 6) is -0.833. The van der Waals surface area contributed by atoms with Crippen molar-refractivity contribution in [3.63, 3.8) is 0 Å².